The maximum Gasteiger partial charge on any atom is 0.336 e. The lowest BCUT2D eigenvalue weighted by Gasteiger charge is -2.11. The van der Waals surface area contributed by atoms with Gasteiger partial charge in [-0.3, -0.25) is 9.98 Å². The molecule has 8 heteroatoms. The fourth-order valence-corrected chi connectivity index (χ4v) is 4.97. The van der Waals surface area contributed by atoms with Gasteiger partial charge in [-0.05, 0) is 37.0 Å². The highest BCUT2D eigenvalue weighted by Crippen LogP contribution is 2.45. The number of carbonyl (C=O) groups is 2. The summed E-state index contributed by atoms with van der Waals surface area (Å²) in [6.07, 6.45) is 3.05. The van der Waals surface area contributed by atoms with E-state index in [9.17, 15) is 19.8 Å². The topological polar surface area (TPSA) is 99.8 Å². The summed E-state index contributed by atoms with van der Waals surface area (Å²) >= 11 is 0. The van der Waals surface area contributed by atoms with Gasteiger partial charge in [-0.2, -0.15) is 0 Å². The van der Waals surface area contributed by atoms with Gasteiger partial charge >= 0.3 is 11.9 Å². The Morgan fingerprint density at radius 3 is 2.29 bits per heavy atom. The van der Waals surface area contributed by atoms with Crippen LogP contribution in [-0.4, -0.2) is 33.9 Å². The second kappa shape index (κ2) is 8.28. The first-order valence-corrected chi connectivity index (χ1v) is 10.1. The van der Waals surface area contributed by atoms with E-state index in [-0.39, 0.29) is 11.1 Å². The van der Waals surface area contributed by atoms with Crippen molar-refractivity contribution in [1.82, 2.24) is 4.98 Å². The van der Waals surface area contributed by atoms with E-state index in [4.69, 9.17) is 0 Å². The van der Waals surface area contributed by atoms with E-state index >= 15 is 0 Å². The minimum atomic E-state index is -1.07. The summed E-state index contributed by atoms with van der Waals surface area (Å²) in [5.41, 5.74) is 1.71. The first kappa shape index (κ1) is 19.7. The zero-order valence-corrected chi connectivity index (χ0v) is 16.1. The molecule has 0 unspecified atom stereocenters. The molecule has 3 aromatic rings. The highest BCUT2D eigenvalue weighted by molar-refractivity contribution is 8.76. The summed E-state index contributed by atoms with van der Waals surface area (Å²) in [4.78, 5) is 32.6. The monoisotopic (exact) mass is 410 g/mol. The standard InChI is InChI=1S/C20H14N2O4S2/c1-3-11-13(19(23)24)6-8-15(17(11)21-2)27-28-16-9-7-14(20(25)26)12-5-4-10-22-18(12)16/h3-10H,1-2H2,(H,23,24)(H,25,26). The molecule has 6 nitrogen and oxygen atoms in total. The number of aromatic carboxylic acids is 2. The molecule has 0 aliphatic heterocycles. The van der Waals surface area contributed by atoms with Crippen molar-refractivity contribution in [3.8, 4) is 0 Å². The van der Waals surface area contributed by atoms with Crippen LogP contribution in [0.15, 0.2) is 64.0 Å². The van der Waals surface area contributed by atoms with Crippen molar-refractivity contribution in [3.05, 3.63) is 65.9 Å². The number of carboxylic acids is 2. The average Bonchev–Trinajstić information content (AvgIpc) is 2.70. The van der Waals surface area contributed by atoms with E-state index in [2.05, 4.69) is 23.3 Å². The van der Waals surface area contributed by atoms with Crippen LogP contribution >= 0.6 is 21.6 Å². The van der Waals surface area contributed by atoms with Crippen molar-refractivity contribution in [2.24, 2.45) is 4.99 Å². The van der Waals surface area contributed by atoms with Gasteiger partial charge in [0, 0.05) is 26.9 Å². The fraction of sp³-hybridized carbons (Fsp3) is 0. The number of carboxylic acid groups (broad SMARTS) is 2. The Labute approximate surface area is 168 Å². The molecule has 0 amide bonds. The summed E-state index contributed by atoms with van der Waals surface area (Å²) in [7, 11) is 2.74. The van der Waals surface area contributed by atoms with Crippen molar-refractivity contribution in [2.75, 3.05) is 0 Å². The largest absolute Gasteiger partial charge is 0.478 e. The van der Waals surface area contributed by atoms with Crippen LogP contribution in [0.5, 0.6) is 0 Å². The summed E-state index contributed by atoms with van der Waals surface area (Å²) in [6.45, 7) is 7.22. The first-order chi connectivity index (χ1) is 13.5. The third kappa shape index (κ3) is 3.64. The Kier molecular flexibility index (Phi) is 5.81. The SMILES string of the molecule is C=Cc1c(C(=O)O)ccc(SSc2ccc(C(=O)O)c3cccnc23)c1N=C. The van der Waals surface area contributed by atoms with Crippen LogP contribution in [0.25, 0.3) is 17.0 Å². The summed E-state index contributed by atoms with van der Waals surface area (Å²) < 4.78 is 0. The molecule has 0 bridgehead atoms. The molecule has 140 valence electrons. The number of fused-ring (bicyclic) bond motifs is 1. The quantitative estimate of drug-likeness (QED) is 0.397. The van der Waals surface area contributed by atoms with Crippen molar-refractivity contribution in [1.29, 1.82) is 0 Å². The third-order valence-electron chi connectivity index (χ3n) is 3.96. The minimum absolute atomic E-state index is 0.102. The van der Waals surface area contributed by atoms with Gasteiger partial charge in [0.05, 0.1) is 22.3 Å². The van der Waals surface area contributed by atoms with Gasteiger partial charge in [-0.1, -0.05) is 40.3 Å². The van der Waals surface area contributed by atoms with Gasteiger partial charge in [0.15, 0.2) is 0 Å². The molecule has 0 spiro atoms. The first-order valence-electron chi connectivity index (χ1n) is 7.93. The Hall–Kier alpha value is -3.10. The molecular formula is C20H14N2O4S2. The van der Waals surface area contributed by atoms with Crippen molar-refractivity contribution < 1.29 is 19.8 Å². The molecule has 0 saturated heterocycles. The predicted molar refractivity (Wildman–Crippen MR) is 113 cm³/mol. The zero-order chi connectivity index (χ0) is 20.3. The molecule has 1 heterocycles. The molecule has 0 radical (unpaired) electrons. The van der Waals surface area contributed by atoms with Gasteiger partial charge < -0.3 is 10.2 Å². The second-order valence-corrected chi connectivity index (χ2v) is 7.74. The van der Waals surface area contributed by atoms with Crippen LogP contribution in [0.1, 0.15) is 26.3 Å². The number of hydrogen-bond donors (Lipinski definition) is 2. The van der Waals surface area contributed by atoms with Crippen LogP contribution in [0.3, 0.4) is 0 Å². The number of pyridine rings is 1. The van der Waals surface area contributed by atoms with Crippen LogP contribution < -0.4 is 0 Å². The van der Waals surface area contributed by atoms with Crippen molar-refractivity contribution in [2.45, 2.75) is 9.79 Å². The lowest BCUT2D eigenvalue weighted by molar-refractivity contribution is 0.0687. The van der Waals surface area contributed by atoms with E-state index in [0.717, 1.165) is 4.90 Å². The Morgan fingerprint density at radius 1 is 1.00 bits per heavy atom. The number of aromatic nitrogens is 1. The predicted octanol–water partition coefficient (Wildman–Crippen LogP) is 5.41. The smallest absolute Gasteiger partial charge is 0.336 e. The number of rotatable bonds is 7. The summed E-state index contributed by atoms with van der Waals surface area (Å²) in [5.74, 6) is -2.08. The molecule has 0 fully saturated rings. The molecular weight excluding hydrogens is 396 g/mol. The van der Waals surface area contributed by atoms with Crippen LogP contribution in [0.4, 0.5) is 5.69 Å². The highest BCUT2D eigenvalue weighted by atomic mass is 33.1. The number of aliphatic imine (C=N–C) groups is 1. The number of benzene rings is 2. The van der Waals surface area contributed by atoms with Crippen LogP contribution in [0, 0.1) is 0 Å². The van der Waals surface area contributed by atoms with Gasteiger partial charge in [0.1, 0.15) is 0 Å². The Balaban J connectivity index is 2.01. The molecule has 0 aliphatic rings. The molecule has 0 saturated carbocycles. The molecule has 0 atom stereocenters. The van der Waals surface area contributed by atoms with Crippen LogP contribution in [0.2, 0.25) is 0 Å². The lowest BCUT2D eigenvalue weighted by atomic mass is 10.1. The van der Waals surface area contributed by atoms with E-state index in [1.807, 2.05) is 0 Å². The van der Waals surface area contributed by atoms with Gasteiger partial charge in [0.25, 0.3) is 0 Å². The van der Waals surface area contributed by atoms with E-state index in [1.165, 1.54) is 33.7 Å². The van der Waals surface area contributed by atoms with Gasteiger partial charge in [-0.15, -0.1) is 0 Å². The minimum Gasteiger partial charge on any atom is -0.478 e. The number of nitrogens with zero attached hydrogens (tertiary/aromatic N) is 2. The summed E-state index contributed by atoms with van der Waals surface area (Å²) in [5, 5.41) is 19.2. The Bertz CT molecular complexity index is 1130. The van der Waals surface area contributed by atoms with Gasteiger partial charge in [-0.25, -0.2) is 9.59 Å². The van der Waals surface area contributed by atoms with E-state index in [0.29, 0.717) is 27.0 Å². The summed E-state index contributed by atoms with van der Waals surface area (Å²) in [6, 6.07) is 9.83. The molecule has 28 heavy (non-hydrogen) atoms. The third-order valence-corrected chi connectivity index (χ3v) is 6.39. The molecule has 3 rings (SSSR count). The zero-order valence-electron chi connectivity index (χ0n) is 14.5. The van der Waals surface area contributed by atoms with E-state index < -0.39 is 11.9 Å². The maximum absolute atomic E-state index is 11.4. The van der Waals surface area contributed by atoms with Crippen molar-refractivity contribution >= 4 is 62.9 Å². The second-order valence-electron chi connectivity index (χ2n) is 5.52. The van der Waals surface area contributed by atoms with E-state index in [1.54, 1.807) is 36.5 Å². The van der Waals surface area contributed by atoms with Crippen molar-refractivity contribution in [3.63, 3.8) is 0 Å². The highest BCUT2D eigenvalue weighted by Gasteiger charge is 2.17. The van der Waals surface area contributed by atoms with Crippen LogP contribution in [-0.2, 0) is 0 Å². The molecule has 0 aliphatic carbocycles. The maximum atomic E-state index is 11.4. The fourth-order valence-electron chi connectivity index (χ4n) is 2.70. The normalized spacial score (nSPS) is 10.6. The molecule has 1 aromatic heterocycles. The molecule has 2 aromatic carbocycles. The average molecular weight is 410 g/mol. The Morgan fingerprint density at radius 2 is 1.64 bits per heavy atom. The molecule has 2 N–H and O–H groups in total. The number of hydrogen-bond acceptors (Lipinski definition) is 6. The van der Waals surface area contributed by atoms with Gasteiger partial charge in [0.2, 0.25) is 0 Å². The lowest BCUT2D eigenvalue weighted by Crippen LogP contribution is -2.00.